The van der Waals surface area contributed by atoms with Crippen molar-refractivity contribution in [3.8, 4) is 0 Å². The molecule has 0 aromatic carbocycles. The van der Waals surface area contributed by atoms with Crippen molar-refractivity contribution in [1.29, 1.82) is 0 Å². The summed E-state index contributed by atoms with van der Waals surface area (Å²) in [6.45, 7) is 8.10. The molecule has 118 valence electrons. The molecule has 0 saturated carbocycles. The van der Waals surface area contributed by atoms with Crippen LogP contribution in [-0.2, 0) is 4.79 Å². The van der Waals surface area contributed by atoms with Gasteiger partial charge in [-0.1, -0.05) is 6.92 Å². The highest BCUT2D eigenvalue weighted by molar-refractivity contribution is 5.85. The number of nitrogens with one attached hydrogen (secondary N) is 1. The van der Waals surface area contributed by atoms with Crippen molar-refractivity contribution in [1.82, 2.24) is 15.1 Å². The van der Waals surface area contributed by atoms with Crippen LogP contribution in [0.15, 0.2) is 0 Å². The first-order valence-electron chi connectivity index (χ1n) is 7.83. The SMILES string of the molecule is CNCC1CCCN(CC(=O)N2CCC(C)CC2)C1.Cl. The van der Waals surface area contributed by atoms with Crippen LogP contribution in [0.5, 0.6) is 0 Å². The molecule has 2 aliphatic rings. The third-order valence-electron chi connectivity index (χ3n) is 4.59. The molecule has 0 aromatic heterocycles. The van der Waals surface area contributed by atoms with Gasteiger partial charge in [0.15, 0.2) is 0 Å². The maximum atomic E-state index is 12.3. The second-order valence-corrected chi connectivity index (χ2v) is 6.36. The monoisotopic (exact) mass is 303 g/mol. The molecule has 2 heterocycles. The van der Waals surface area contributed by atoms with Crippen LogP contribution in [0, 0.1) is 11.8 Å². The highest BCUT2D eigenvalue weighted by Gasteiger charge is 2.25. The van der Waals surface area contributed by atoms with E-state index in [0.29, 0.717) is 18.4 Å². The molecule has 2 saturated heterocycles. The van der Waals surface area contributed by atoms with Gasteiger partial charge in [-0.25, -0.2) is 0 Å². The summed E-state index contributed by atoms with van der Waals surface area (Å²) in [5.74, 6) is 1.85. The number of hydrogen-bond acceptors (Lipinski definition) is 3. The summed E-state index contributed by atoms with van der Waals surface area (Å²) in [6, 6.07) is 0. The van der Waals surface area contributed by atoms with Gasteiger partial charge in [0, 0.05) is 19.6 Å². The maximum Gasteiger partial charge on any atom is 0.236 e. The Balaban J connectivity index is 0.00000200. The minimum absolute atomic E-state index is 0. The van der Waals surface area contributed by atoms with Crippen molar-refractivity contribution in [2.24, 2.45) is 11.8 Å². The van der Waals surface area contributed by atoms with Crippen LogP contribution >= 0.6 is 12.4 Å². The van der Waals surface area contributed by atoms with Gasteiger partial charge >= 0.3 is 0 Å². The number of amides is 1. The van der Waals surface area contributed by atoms with Crippen molar-refractivity contribution in [2.45, 2.75) is 32.6 Å². The maximum absolute atomic E-state index is 12.3. The predicted molar refractivity (Wildman–Crippen MR) is 85.3 cm³/mol. The lowest BCUT2D eigenvalue weighted by Crippen LogP contribution is -2.47. The molecule has 5 heteroatoms. The van der Waals surface area contributed by atoms with Crippen LogP contribution in [0.25, 0.3) is 0 Å². The normalized spacial score (nSPS) is 25.3. The van der Waals surface area contributed by atoms with Crippen molar-refractivity contribution >= 4 is 18.3 Å². The molecule has 0 aromatic rings. The lowest BCUT2D eigenvalue weighted by molar-refractivity contribution is -0.134. The smallest absolute Gasteiger partial charge is 0.236 e. The zero-order valence-electron chi connectivity index (χ0n) is 12.9. The van der Waals surface area contributed by atoms with E-state index < -0.39 is 0 Å². The van der Waals surface area contributed by atoms with E-state index in [4.69, 9.17) is 0 Å². The molecule has 2 aliphatic heterocycles. The van der Waals surface area contributed by atoms with Crippen LogP contribution in [0.1, 0.15) is 32.6 Å². The van der Waals surface area contributed by atoms with Gasteiger partial charge in [0.05, 0.1) is 6.54 Å². The third kappa shape index (κ3) is 5.23. The highest BCUT2D eigenvalue weighted by atomic mass is 35.5. The van der Waals surface area contributed by atoms with E-state index in [1.165, 1.54) is 25.7 Å². The van der Waals surface area contributed by atoms with Crippen molar-refractivity contribution in [2.75, 3.05) is 46.3 Å². The minimum Gasteiger partial charge on any atom is -0.342 e. The Morgan fingerprint density at radius 2 is 1.90 bits per heavy atom. The Labute approximate surface area is 129 Å². The molecular weight excluding hydrogens is 274 g/mol. The Kier molecular flexibility index (Phi) is 7.85. The van der Waals surface area contributed by atoms with Crippen LogP contribution < -0.4 is 5.32 Å². The van der Waals surface area contributed by atoms with Crippen molar-refractivity contribution in [3.05, 3.63) is 0 Å². The van der Waals surface area contributed by atoms with E-state index in [2.05, 4.69) is 22.0 Å². The molecule has 1 N–H and O–H groups in total. The summed E-state index contributed by atoms with van der Waals surface area (Å²) in [5.41, 5.74) is 0. The van der Waals surface area contributed by atoms with E-state index in [-0.39, 0.29) is 12.4 Å². The molecule has 1 atom stereocenters. The number of carbonyl (C=O) groups excluding carboxylic acids is 1. The summed E-state index contributed by atoms with van der Waals surface area (Å²) in [4.78, 5) is 16.7. The van der Waals surface area contributed by atoms with Gasteiger partial charge in [-0.3, -0.25) is 9.69 Å². The van der Waals surface area contributed by atoms with Gasteiger partial charge in [0.1, 0.15) is 0 Å². The predicted octanol–water partition coefficient (Wildman–Crippen LogP) is 1.60. The average Bonchev–Trinajstić information content (AvgIpc) is 2.40. The fourth-order valence-corrected chi connectivity index (χ4v) is 3.30. The lowest BCUT2D eigenvalue weighted by Gasteiger charge is -2.35. The zero-order chi connectivity index (χ0) is 13.7. The second kappa shape index (κ2) is 8.85. The first-order chi connectivity index (χ1) is 9.19. The Morgan fingerprint density at radius 1 is 1.20 bits per heavy atom. The molecule has 1 unspecified atom stereocenters. The van der Waals surface area contributed by atoms with Crippen LogP contribution in [-0.4, -0.2) is 62.0 Å². The van der Waals surface area contributed by atoms with E-state index in [1.54, 1.807) is 0 Å². The van der Waals surface area contributed by atoms with Gasteiger partial charge in [0.25, 0.3) is 0 Å². The van der Waals surface area contributed by atoms with Crippen LogP contribution in [0.3, 0.4) is 0 Å². The summed E-state index contributed by atoms with van der Waals surface area (Å²) >= 11 is 0. The Hall–Kier alpha value is -0.320. The van der Waals surface area contributed by atoms with Gasteiger partial charge in [-0.15, -0.1) is 12.4 Å². The van der Waals surface area contributed by atoms with Crippen LogP contribution in [0.2, 0.25) is 0 Å². The summed E-state index contributed by atoms with van der Waals surface area (Å²) in [7, 11) is 2.01. The fourth-order valence-electron chi connectivity index (χ4n) is 3.30. The number of likely N-dealkylation sites (tertiary alicyclic amines) is 2. The van der Waals surface area contributed by atoms with E-state index in [0.717, 1.165) is 38.6 Å². The largest absolute Gasteiger partial charge is 0.342 e. The standard InChI is InChI=1S/C15H29N3O.ClH/c1-13-5-8-18(9-6-13)15(19)12-17-7-3-4-14(11-17)10-16-2;/h13-14,16H,3-12H2,1-2H3;1H. The summed E-state index contributed by atoms with van der Waals surface area (Å²) in [5, 5.41) is 3.26. The van der Waals surface area contributed by atoms with Crippen LogP contribution in [0.4, 0.5) is 0 Å². The van der Waals surface area contributed by atoms with E-state index >= 15 is 0 Å². The quantitative estimate of drug-likeness (QED) is 0.857. The molecule has 4 nitrogen and oxygen atoms in total. The van der Waals surface area contributed by atoms with Gasteiger partial charge in [-0.05, 0) is 57.7 Å². The van der Waals surface area contributed by atoms with Gasteiger partial charge < -0.3 is 10.2 Å². The van der Waals surface area contributed by atoms with Gasteiger partial charge in [-0.2, -0.15) is 0 Å². The Morgan fingerprint density at radius 3 is 2.55 bits per heavy atom. The first kappa shape index (κ1) is 17.7. The number of halogens is 1. The molecule has 0 spiro atoms. The van der Waals surface area contributed by atoms with Gasteiger partial charge in [0.2, 0.25) is 5.91 Å². The van der Waals surface area contributed by atoms with E-state index in [9.17, 15) is 4.79 Å². The molecule has 0 aliphatic carbocycles. The molecule has 20 heavy (non-hydrogen) atoms. The average molecular weight is 304 g/mol. The van der Waals surface area contributed by atoms with Crippen molar-refractivity contribution in [3.63, 3.8) is 0 Å². The zero-order valence-corrected chi connectivity index (χ0v) is 13.8. The molecule has 2 fully saturated rings. The topological polar surface area (TPSA) is 35.6 Å². The van der Waals surface area contributed by atoms with E-state index in [1.807, 2.05) is 7.05 Å². The summed E-state index contributed by atoms with van der Waals surface area (Å²) < 4.78 is 0. The Bertz CT molecular complexity index is 291. The molecule has 0 bridgehead atoms. The number of hydrogen-bond donors (Lipinski definition) is 1. The number of piperidine rings is 2. The van der Waals surface area contributed by atoms with Crippen molar-refractivity contribution < 1.29 is 4.79 Å². The molecule has 0 radical (unpaired) electrons. The number of rotatable bonds is 4. The third-order valence-corrected chi connectivity index (χ3v) is 4.59. The summed E-state index contributed by atoms with van der Waals surface area (Å²) in [6.07, 6.45) is 4.88. The second-order valence-electron chi connectivity index (χ2n) is 6.36. The molecule has 1 amide bonds. The minimum atomic E-state index is 0. The highest BCUT2D eigenvalue weighted by Crippen LogP contribution is 2.18. The lowest BCUT2D eigenvalue weighted by atomic mass is 9.97. The molecule has 2 rings (SSSR count). The first-order valence-corrected chi connectivity index (χ1v) is 7.83. The fraction of sp³-hybridized carbons (Fsp3) is 0.933. The molecular formula is C15H30ClN3O. The number of nitrogens with zero attached hydrogens (tertiary/aromatic N) is 2. The number of carbonyl (C=O) groups is 1.